The first kappa shape index (κ1) is 14.0. The number of hydrogen-bond acceptors (Lipinski definition) is 3. The van der Waals surface area contributed by atoms with E-state index in [-0.39, 0.29) is 11.8 Å². The molecule has 1 aliphatic heterocycles. The fraction of sp³-hybridized carbons (Fsp3) is 0.833. The van der Waals surface area contributed by atoms with E-state index >= 15 is 0 Å². The van der Waals surface area contributed by atoms with Crippen LogP contribution in [0.2, 0.25) is 0 Å². The van der Waals surface area contributed by atoms with Crippen LogP contribution in [-0.2, 0) is 9.59 Å². The molecule has 1 aliphatic rings. The maximum absolute atomic E-state index is 12.1. The molecule has 3 N–H and O–H groups in total. The van der Waals surface area contributed by atoms with Gasteiger partial charge in [0.15, 0.2) is 0 Å². The highest BCUT2D eigenvalue weighted by Gasteiger charge is 2.33. The van der Waals surface area contributed by atoms with Crippen LogP contribution in [0.5, 0.6) is 0 Å². The summed E-state index contributed by atoms with van der Waals surface area (Å²) in [4.78, 5) is 24.8. The van der Waals surface area contributed by atoms with Gasteiger partial charge in [-0.3, -0.25) is 4.79 Å². The molecule has 0 spiro atoms. The minimum absolute atomic E-state index is 0.0365. The summed E-state index contributed by atoms with van der Waals surface area (Å²) in [7, 11) is 0. The van der Waals surface area contributed by atoms with Gasteiger partial charge in [0.05, 0.1) is 0 Å². The van der Waals surface area contributed by atoms with Crippen LogP contribution in [0.1, 0.15) is 39.0 Å². The number of carbonyl (C=O) groups excluding carboxylic acids is 1. The number of carbonyl (C=O) groups is 2. The smallest absolute Gasteiger partial charge is 0.326 e. The van der Waals surface area contributed by atoms with Crippen LogP contribution < -0.4 is 5.73 Å². The molecule has 0 aromatic rings. The number of hydrogen-bond donors (Lipinski definition) is 2. The van der Waals surface area contributed by atoms with E-state index in [4.69, 9.17) is 10.8 Å². The van der Waals surface area contributed by atoms with Crippen LogP contribution in [0.3, 0.4) is 0 Å². The molecule has 0 aromatic carbocycles. The molecule has 1 rings (SSSR count). The molecule has 1 heterocycles. The molecule has 0 saturated carbocycles. The highest BCUT2D eigenvalue weighted by Crippen LogP contribution is 2.21. The van der Waals surface area contributed by atoms with Crippen molar-refractivity contribution in [3.63, 3.8) is 0 Å². The van der Waals surface area contributed by atoms with Gasteiger partial charge in [0.2, 0.25) is 5.91 Å². The first-order valence-corrected chi connectivity index (χ1v) is 6.31. The maximum Gasteiger partial charge on any atom is 0.326 e. The van der Waals surface area contributed by atoms with Gasteiger partial charge in [-0.2, -0.15) is 0 Å². The van der Waals surface area contributed by atoms with Gasteiger partial charge >= 0.3 is 5.97 Å². The van der Waals surface area contributed by atoms with Crippen LogP contribution in [0, 0.1) is 5.92 Å². The number of aliphatic carboxylic acids is 1. The second-order valence-corrected chi connectivity index (χ2v) is 4.71. The van der Waals surface area contributed by atoms with Gasteiger partial charge in [0.1, 0.15) is 6.04 Å². The van der Waals surface area contributed by atoms with E-state index in [9.17, 15) is 9.59 Å². The molecule has 2 atom stereocenters. The van der Waals surface area contributed by atoms with Crippen molar-refractivity contribution in [3.05, 3.63) is 0 Å². The lowest BCUT2D eigenvalue weighted by atomic mass is 9.97. The molecule has 1 fully saturated rings. The van der Waals surface area contributed by atoms with Crippen molar-refractivity contribution in [2.75, 3.05) is 13.1 Å². The summed E-state index contributed by atoms with van der Waals surface area (Å²) >= 11 is 0. The predicted octanol–water partition coefficient (Wildman–Crippen LogP) is 0.827. The summed E-state index contributed by atoms with van der Waals surface area (Å²) in [6.45, 7) is 2.99. The second-order valence-electron chi connectivity index (χ2n) is 4.71. The first-order chi connectivity index (χ1) is 8.07. The molecule has 5 heteroatoms. The minimum atomic E-state index is -0.885. The third-order valence-electron chi connectivity index (χ3n) is 3.33. The average Bonchev–Trinajstić information content (AvgIpc) is 2.34. The molecular weight excluding hydrogens is 220 g/mol. The lowest BCUT2D eigenvalue weighted by molar-refractivity contribution is -0.153. The highest BCUT2D eigenvalue weighted by atomic mass is 16.4. The summed E-state index contributed by atoms with van der Waals surface area (Å²) in [6, 6.07) is -0.628. The van der Waals surface area contributed by atoms with Crippen molar-refractivity contribution in [2.24, 2.45) is 11.7 Å². The van der Waals surface area contributed by atoms with Gasteiger partial charge in [-0.25, -0.2) is 4.79 Å². The van der Waals surface area contributed by atoms with E-state index in [1.165, 1.54) is 4.90 Å². The fourth-order valence-electron chi connectivity index (χ4n) is 2.28. The molecule has 0 aromatic heterocycles. The van der Waals surface area contributed by atoms with Crippen molar-refractivity contribution in [1.29, 1.82) is 0 Å². The average molecular weight is 242 g/mol. The van der Waals surface area contributed by atoms with Crippen LogP contribution in [-0.4, -0.2) is 41.0 Å². The zero-order valence-corrected chi connectivity index (χ0v) is 10.4. The van der Waals surface area contributed by atoms with Crippen molar-refractivity contribution in [2.45, 2.75) is 45.1 Å². The first-order valence-electron chi connectivity index (χ1n) is 6.31. The topological polar surface area (TPSA) is 83.6 Å². The van der Waals surface area contributed by atoms with E-state index in [1.807, 2.05) is 6.92 Å². The minimum Gasteiger partial charge on any atom is -0.480 e. The van der Waals surface area contributed by atoms with E-state index in [2.05, 4.69) is 0 Å². The van der Waals surface area contributed by atoms with Crippen LogP contribution in [0.25, 0.3) is 0 Å². The van der Waals surface area contributed by atoms with Crippen molar-refractivity contribution >= 4 is 11.9 Å². The van der Waals surface area contributed by atoms with Crippen LogP contribution in [0.4, 0.5) is 0 Å². The Morgan fingerprint density at radius 1 is 1.47 bits per heavy atom. The normalized spacial score (nSPS) is 22.2. The molecule has 5 nitrogen and oxygen atoms in total. The van der Waals surface area contributed by atoms with E-state index < -0.39 is 12.0 Å². The number of nitrogens with zero attached hydrogens (tertiary/aromatic N) is 1. The summed E-state index contributed by atoms with van der Waals surface area (Å²) in [5.74, 6) is -1.05. The SMILES string of the molecule is CC(CCCN)C(=O)N1CCCCC1C(=O)O. The van der Waals surface area contributed by atoms with Crippen molar-refractivity contribution in [1.82, 2.24) is 4.90 Å². The summed E-state index contributed by atoms with van der Waals surface area (Å²) in [5, 5.41) is 9.10. The van der Waals surface area contributed by atoms with Gasteiger partial charge in [-0.1, -0.05) is 6.92 Å². The maximum atomic E-state index is 12.1. The summed E-state index contributed by atoms with van der Waals surface area (Å²) < 4.78 is 0. The monoisotopic (exact) mass is 242 g/mol. The van der Waals surface area contributed by atoms with Crippen molar-refractivity contribution in [3.8, 4) is 0 Å². The Morgan fingerprint density at radius 3 is 2.76 bits per heavy atom. The van der Waals surface area contributed by atoms with Crippen molar-refractivity contribution < 1.29 is 14.7 Å². The number of amides is 1. The second kappa shape index (κ2) is 6.59. The van der Waals surface area contributed by atoms with Gasteiger partial charge in [0.25, 0.3) is 0 Å². The fourth-order valence-corrected chi connectivity index (χ4v) is 2.28. The lowest BCUT2D eigenvalue weighted by Gasteiger charge is -2.34. The summed E-state index contributed by atoms with van der Waals surface area (Å²) in [6.07, 6.45) is 3.90. The number of piperidine rings is 1. The Hall–Kier alpha value is -1.10. The molecular formula is C12H22N2O3. The third-order valence-corrected chi connectivity index (χ3v) is 3.33. The Labute approximate surface area is 102 Å². The number of likely N-dealkylation sites (tertiary alicyclic amines) is 1. The Morgan fingerprint density at radius 2 is 2.18 bits per heavy atom. The van der Waals surface area contributed by atoms with Crippen LogP contribution in [0.15, 0.2) is 0 Å². The zero-order valence-electron chi connectivity index (χ0n) is 10.4. The molecule has 0 radical (unpaired) electrons. The molecule has 2 unspecified atom stereocenters. The van der Waals surface area contributed by atoms with Gasteiger partial charge in [-0.05, 0) is 38.6 Å². The number of nitrogens with two attached hydrogens (primary N) is 1. The van der Waals surface area contributed by atoms with E-state index in [0.717, 1.165) is 25.7 Å². The third kappa shape index (κ3) is 3.70. The molecule has 17 heavy (non-hydrogen) atoms. The Balaban J connectivity index is 2.61. The molecule has 0 aliphatic carbocycles. The van der Waals surface area contributed by atoms with Gasteiger partial charge in [-0.15, -0.1) is 0 Å². The molecule has 0 bridgehead atoms. The van der Waals surface area contributed by atoms with Gasteiger partial charge < -0.3 is 15.7 Å². The lowest BCUT2D eigenvalue weighted by Crippen LogP contribution is -2.49. The Kier molecular flexibility index (Phi) is 5.41. The summed E-state index contributed by atoms with van der Waals surface area (Å²) in [5.41, 5.74) is 5.41. The van der Waals surface area contributed by atoms with E-state index in [0.29, 0.717) is 19.5 Å². The largest absolute Gasteiger partial charge is 0.480 e. The standard InChI is InChI=1S/C12H22N2O3/c1-9(5-4-7-13)11(15)14-8-3-2-6-10(14)12(16)17/h9-10H,2-8,13H2,1H3,(H,16,17). The number of rotatable bonds is 5. The van der Waals surface area contributed by atoms with Crippen LogP contribution >= 0.6 is 0 Å². The molecule has 1 amide bonds. The zero-order chi connectivity index (χ0) is 12.8. The Bertz CT molecular complexity index is 281. The van der Waals surface area contributed by atoms with E-state index in [1.54, 1.807) is 0 Å². The van der Waals surface area contributed by atoms with Gasteiger partial charge in [0, 0.05) is 12.5 Å². The quantitative estimate of drug-likeness (QED) is 0.748. The number of carboxylic acid groups (broad SMARTS) is 1. The number of carboxylic acids is 1. The molecule has 98 valence electrons. The highest BCUT2D eigenvalue weighted by molar-refractivity contribution is 5.85. The molecule has 1 saturated heterocycles. The predicted molar refractivity (Wildman–Crippen MR) is 64.4 cm³/mol.